The van der Waals surface area contributed by atoms with Gasteiger partial charge in [-0.05, 0) is 12.8 Å². The molecule has 1 fully saturated rings. The van der Waals surface area contributed by atoms with Gasteiger partial charge in [-0.1, -0.05) is 12.8 Å². The quantitative estimate of drug-likeness (QED) is 0.824. The molecule has 0 saturated heterocycles. The van der Waals surface area contributed by atoms with Crippen LogP contribution < -0.4 is 5.32 Å². The number of anilines is 1. The van der Waals surface area contributed by atoms with Crippen LogP contribution in [0.4, 0.5) is 5.82 Å². The predicted molar refractivity (Wildman–Crippen MR) is 91.5 cm³/mol. The lowest BCUT2D eigenvalue weighted by Crippen LogP contribution is -2.23. The summed E-state index contributed by atoms with van der Waals surface area (Å²) in [6, 6.07) is 2.09. The zero-order chi connectivity index (χ0) is 18.0. The fraction of sp³-hybridized carbons (Fsp3) is 0.533. The van der Waals surface area contributed by atoms with Crippen molar-refractivity contribution in [2.75, 3.05) is 19.4 Å². The van der Waals surface area contributed by atoms with Gasteiger partial charge >= 0.3 is 0 Å². The van der Waals surface area contributed by atoms with Crippen molar-refractivity contribution in [3.63, 3.8) is 0 Å². The number of nitrogens with zero attached hydrogens (tertiary/aromatic N) is 5. The first-order valence-electron chi connectivity index (χ1n) is 8.16. The molecule has 1 saturated carbocycles. The van der Waals surface area contributed by atoms with Crippen molar-refractivity contribution < 1.29 is 13.2 Å². The van der Waals surface area contributed by atoms with Crippen LogP contribution in [-0.2, 0) is 21.4 Å². The lowest BCUT2D eigenvalue weighted by molar-refractivity contribution is -0.117. The van der Waals surface area contributed by atoms with Crippen LogP contribution in [0.1, 0.15) is 31.7 Å². The molecule has 0 unspecified atom stereocenters. The van der Waals surface area contributed by atoms with Crippen molar-refractivity contribution in [2.45, 2.75) is 43.2 Å². The van der Waals surface area contributed by atoms with Crippen molar-refractivity contribution in [1.29, 1.82) is 0 Å². The molecule has 0 aliphatic heterocycles. The van der Waals surface area contributed by atoms with E-state index in [9.17, 15) is 13.2 Å². The summed E-state index contributed by atoms with van der Waals surface area (Å²) in [5.41, 5.74) is 0. The molecule has 0 atom stereocenters. The van der Waals surface area contributed by atoms with Gasteiger partial charge in [-0.25, -0.2) is 17.4 Å². The third-order valence-corrected chi connectivity index (χ3v) is 6.07. The average Bonchev–Trinajstić information content (AvgIpc) is 3.27. The molecule has 2 heterocycles. The number of rotatable bonds is 6. The van der Waals surface area contributed by atoms with Gasteiger partial charge in [-0.3, -0.25) is 9.48 Å². The van der Waals surface area contributed by atoms with Crippen LogP contribution in [-0.4, -0.2) is 52.3 Å². The van der Waals surface area contributed by atoms with Gasteiger partial charge in [-0.2, -0.15) is 10.2 Å². The number of nitrogens with one attached hydrogen (secondary N) is 1. The second kappa shape index (κ2) is 6.96. The van der Waals surface area contributed by atoms with Crippen LogP contribution in [0, 0.1) is 0 Å². The molecular formula is C15H22N6O3S. The Morgan fingerprint density at radius 3 is 2.72 bits per heavy atom. The molecule has 0 aromatic carbocycles. The van der Waals surface area contributed by atoms with Gasteiger partial charge in [0.2, 0.25) is 15.9 Å². The average molecular weight is 366 g/mol. The minimum Gasteiger partial charge on any atom is -0.309 e. The second-order valence-corrected chi connectivity index (χ2v) is 8.46. The van der Waals surface area contributed by atoms with Crippen LogP contribution in [0.2, 0.25) is 0 Å². The summed E-state index contributed by atoms with van der Waals surface area (Å²) in [5.74, 6) is 0.377. The summed E-state index contributed by atoms with van der Waals surface area (Å²) in [4.78, 5) is 12.3. The van der Waals surface area contributed by atoms with E-state index in [4.69, 9.17) is 0 Å². The molecule has 0 spiro atoms. The topological polar surface area (TPSA) is 102 Å². The van der Waals surface area contributed by atoms with E-state index in [1.807, 2.05) is 4.68 Å². The van der Waals surface area contributed by atoms with Crippen molar-refractivity contribution in [3.8, 4) is 0 Å². The normalized spacial score (nSPS) is 15.8. The molecule has 10 heteroatoms. The molecule has 9 nitrogen and oxygen atoms in total. The maximum atomic E-state index is 12.3. The predicted octanol–water partition coefficient (Wildman–Crippen LogP) is 1.08. The molecule has 1 aliphatic carbocycles. The van der Waals surface area contributed by atoms with E-state index in [-0.39, 0.29) is 17.3 Å². The second-order valence-electron chi connectivity index (χ2n) is 6.31. The van der Waals surface area contributed by atoms with Crippen LogP contribution in [0.3, 0.4) is 0 Å². The third kappa shape index (κ3) is 3.74. The zero-order valence-electron chi connectivity index (χ0n) is 14.3. The van der Waals surface area contributed by atoms with E-state index in [1.54, 1.807) is 12.3 Å². The summed E-state index contributed by atoms with van der Waals surface area (Å²) < 4.78 is 28.3. The van der Waals surface area contributed by atoms with Crippen LogP contribution in [0.5, 0.6) is 0 Å². The Morgan fingerprint density at radius 1 is 1.32 bits per heavy atom. The molecule has 0 bridgehead atoms. The number of carbonyl (C=O) groups excluding carboxylic acids is 1. The summed E-state index contributed by atoms with van der Waals surface area (Å²) in [5, 5.41) is 11.1. The molecule has 2 aromatic heterocycles. The summed E-state index contributed by atoms with van der Waals surface area (Å²) >= 11 is 0. The minimum atomic E-state index is -3.56. The third-order valence-electron chi connectivity index (χ3n) is 4.30. The highest BCUT2D eigenvalue weighted by atomic mass is 32.2. The SMILES string of the molecule is CN(C)S(=O)(=O)c1cnn(CC(=O)Nc2ccnn2C2CCCC2)c1. The molecule has 2 aromatic rings. The molecular weight excluding hydrogens is 344 g/mol. The lowest BCUT2D eigenvalue weighted by atomic mass is 10.2. The zero-order valence-corrected chi connectivity index (χ0v) is 15.1. The first-order chi connectivity index (χ1) is 11.9. The maximum absolute atomic E-state index is 12.3. The Bertz CT molecular complexity index is 848. The maximum Gasteiger partial charge on any atom is 0.247 e. The molecule has 1 amide bonds. The van der Waals surface area contributed by atoms with E-state index in [2.05, 4.69) is 15.5 Å². The first-order valence-corrected chi connectivity index (χ1v) is 9.60. The standard InChI is InChI=1S/C15H22N6O3S/c1-19(2)25(23,24)13-9-17-20(10-13)11-15(22)18-14-7-8-16-21(14)12-5-3-4-6-12/h7-10,12H,3-6,11H2,1-2H3,(H,18,22). The lowest BCUT2D eigenvalue weighted by Gasteiger charge is -2.14. The van der Waals surface area contributed by atoms with Crippen molar-refractivity contribution in [1.82, 2.24) is 23.9 Å². The molecule has 1 N–H and O–H groups in total. The molecule has 136 valence electrons. The van der Waals surface area contributed by atoms with Gasteiger partial charge in [0, 0.05) is 26.4 Å². The van der Waals surface area contributed by atoms with Crippen molar-refractivity contribution >= 4 is 21.7 Å². The highest BCUT2D eigenvalue weighted by Gasteiger charge is 2.22. The van der Waals surface area contributed by atoms with Crippen LogP contribution in [0.15, 0.2) is 29.6 Å². The minimum absolute atomic E-state index is 0.0568. The van der Waals surface area contributed by atoms with Crippen LogP contribution in [0.25, 0.3) is 0 Å². The number of sulfonamides is 1. The summed E-state index contributed by atoms with van der Waals surface area (Å²) in [6.45, 7) is -0.0706. The van der Waals surface area contributed by atoms with E-state index in [1.165, 1.54) is 44.0 Å². The number of aromatic nitrogens is 4. The Morgan fingerprint density at radius 2 is 2.04 bits per heavy atom. The van der Waals surface area contributed by atoms with Gasteiger partial charge < -0.3 is 5.32 Å². The van der Waals surface area contributed by atoms with Gasteiger partial charge in [0.1, 0.15) is 17.3 Å². The first kappa shape index (κ1) is 17.6. The summed E-state index contributed by atoms with van der Waals surface area (Å²) in [7, 11) is -0.659. The Balaban J connectivity index is 1.66. The van der Waals surface area contributed by atoms with Crippen molar-refractivity contribution in [2.24, 2.45) is 0 Å². The number of amides is 1. The fourth-order valence-corrected chi connectivity index (χ4v) is 3.81. The fourth-order valence-electron chi connectivity index (χ4n) is 2.96. The highest BCUT2D eigenvalue weighted by Crippen LogP contribution is 2.31. The Labute approximate surface area is 146 Å². The van der Waals surface area contributed by atoms with Crippen molar-refractivity contribution in [3.05, 3.63) is 24.7 Å². The van der Waals surface area contributed by atoms with Gasteiger partial charge in [0.05, 0.1) is 18.4 Å². The highest BCUT2D eigenvalue weighted by molar-refractivity contribution is 7.89. The van der Waals surface area contributed by atoms with Gasteiger partial charge in [0.25, 0.3) is 0 Å². The van der Waals surface area contributed by atoms with Gasteiger partial charge in [-0.15, -0.1) is 0 Å². The molecule has 0 radical (unpaired) electrons. The number of hydrogen-bond acceptors (Lipinski definition) is 5. The molecule has 3 rings (SSSR count). The van der Waals surface area contributed by atoms with E-state index in [0.29, 0.717) is 11.9 Å². The molecule has 25 heavy (non-hydrogen) atoms. The van der Waals surface area contributed by atoms with Crippen LogP contribution >= 0.6 is 0 Å². The smallest absolute Gasteiger partial charge is 0.247 e. The monoisotopic (exact) mass is 366 g/mol. The Hall–Kier alpha value is -2.20. The van der Waals surface area contributed by atoms with E-state index < -0.39 is 10.0 Å². The largest absolute Gasteiger partial charge is 0.309 e. The summed E-state index contributed by atoms with van der Waals surface area (Å²) in [6.07, 6.45) is 8.74. The van der Waals surface area contributed by atoms with E-state index >= 15 is 0 Å². The Kier molecular flexibility index (Phi) is 4.91. The number of carbonyl (C=O) groups is 1. The van der Waals surface area contributed by atoms with Gasteiger partial charge in [0.15, 0.2) is 0 Å². The number of hydrogen-bond donors (Lipinski definition) is 1. The molecule has 1 aliphatic rings. The van der Waals surface area contributed by atoms with E-state index in [0.717, 1.165) is 17.1 Å².